The van der Waals surface area contributed by atoms with E-state index in [9.17, 15) is 4.79 Å². The van der Waals surface area contributed by atoms with Gasteiger partial charge in [0.25, 0.3) is 5.91 Å². The minimum Gasteiger partial charge on any atom is -0.449 e. The van der Waals surface area contributed by atoms with Crippen molar-refractivity contribution in [3.8, 4) is 11.4 Å². The predicted octanol–water partition coefficient (Wildman–Crippen LogP) is 4.74. The molecule has 0 radical (unpaired) electrons. The molecule has 4 aromatic rings. The van der Waals surface area contributed by atoms with Gasteiger partial charge in [0.15, 0.2) is 17.2 Å². The van der Waals surface area contributed by atoms with Gasteiger partial charge in [-0.25, -0.2) is 4.98 Å². The summed E-state index contributed by atoms with van der Waals surface area (Å²) in [5, 5.41) is 11.1. The SMILES string of the molecule is Cc1nc(-c2cccc(NC(=O)c3oc4c(Cl)cccc4c3C)c2)n[nH]1. The molecule has 130 valence electrons. The summed E-state index contributed by atoms with van der Waals surface area (Å²) in [5.41, 5.74) is 2.69. The fourth-order valence-corrected chi connectivity index (χ4v) is 3.03. The number of nitrogens with zero attached hydrogens (tertiary/aromatic N) is 2. The van der Waals surface area contributed by atoms with E-state index in [1.54, 1.807) is 12.1 Å². The van der Waals surface area contributed by atoms with Crippen molar-refractivity contribution < 1.29 is 9.21 Å². The quantitative estimate of drug-likeness (QED) is 0.548. The number of amides is 1. The number of aromatic nitrogens is 3. The van der Waals surface area contributed by atoms with E-state index >= 15 is 0 Å². The van der Waals surface area contributed by atoms with Crippen molar-refractivity contribution >= 4 is 34.2 Å². The maximum atomic E-state index is 12.7. The summed E-state index contributed by atoms with van der Waals surface area (Å²) in [4.78, 5) is 17.0. The molecule has 0 saturated carbocycles. The second kappa shape index (κ2) is 6.31. The number of fused-ring (bicyclic) bond motifs is 1. The van der Waals surface area contributed by atoms with Gasteiger partial charge in [-0.05, 0) is 32.0 Å². The van der Waals surface area contributed by atoms with Crippen molar-refractivity contribution in [3.05, 3.63) is 64.6 Å². The molecule has 2 heterocycles. The lowest BCUT2D eigenvalue weighted by Gasteiger charge is -2.05. The van der Waals surface area contributed by atoms with Crippen molar-refractivity contribution in [2.45, 2.75) is 13.8 Å². The van der Waals surface area contributed by atoms with Crippen molar-refractivity contribution in [1.82, 2.24) is 15.2 Å². The molecule has 1 amide bonds. The number of aromatic amines is 1. The molecule has 4 rings (SSSR count). The number of anilines is 1. The highest BCUT2D eigenvalue weighted by molar-refractivity contribution is 6.35. The van der Waals surface area contributed by atoms with Crippen LogP contribution in [-0.4, -0.2) is 21.1 Å². The fraction of sp³-hybridized carbons (Fsp3) is 0.105. The Labute approximate surface area is 154 Å². The Bertz CT molecular complexity index is 1130. The number of aryl methyl sites for hydroxylation is 2. The summed E-state index contributed by atoms with van der Waals surface area (Å²) in [6.07, 6.45) is 0. The Morgan fingerprint density at radius 1 is 1.19 bits per heavy atom. The summed E-state index contributed by atoms with van der Waals surface area (Å²) < 4.78 is 5.71. The third kappa shape index (κ3) is 2.84. The Hall–Kier alpha value is -3.12. The van der Waals surface area contributed by atoms with Crippen LogP contribution in [0.3, 0.4) is 0 Å². The normalized spacial score (nSPS) is 11.0. The van der Waals surface area contributed by atoms with E-state index in [1.807, 2.05) is 44.2 Å². The highest BCUT2D eigenvalue weighted by Gasteiger charge is 2.19. The molecule has 26 heavy (non-hydrogen) atoms. The molecule has 0 atom stereocenters. The second-order valence-corrected chi connectivity index (χ2v) is 6.36. The maximum absolute atomic E-state index is 12.7. The molecule has 0 spiro atoms. The molecule has 2 aromatic carbocycles. The first kappa shape index (κ1) is 16.4. The van der Waals surface area contributed by atoms with E-state index in [0.29, 0.717) is 22.1 Å². The van der Waals surface area contributed by atoms with Gasteiger partial charge in [-0.3, -0.25) is 9.89 Å². The van der Waals surface area contributed by atoms with Crippen LogP contribution < -0.4 is 5.32 Å². The zero-order valence-corrected chi connectivity index (χ0v) is 14.9. The van der Waals surface area contributed by atoms with Crippen LogP contribution in [0, 0.1) is 13.8 Å². The molecule has 0 saturated heterocycles. The summed E-state index contributed by atoms with van der Waals surface area (Å²) >= 11 is 6.16. The number of H-pyrrole nitrogens is 1. The minimum atomic E-state index is -0.335. The van der Waals surface area contributed by atoms with Crippen molar-refractivity contribution in [3.63, 3.8) is 0 Å². The van der Waals surface area contributed by atoms with E-state index < -0.39 is 0 Å². The lowest BCUT2D eigenvalue weighted by atomic mass is 10.1. The summed E-state index contributed by atoms with van der Waals surface area (Å²) in [5.74, 6) is 1.21. The first-order valence-corrected chi connectivity index (χ1v) is 8.39. The zero-order valence-electron chi connectivity index (χ0n) is 14.1. The topological polar surface area (TPSA) is 83.8 Å². The molecular formula is C19H15ClN4O2. The second-order valence-electron chi connectivity index (χ2n) is 5.95. The van der Waals surface area contributed by atoms with Gasteiger partial charge in [-0.2, -0.15) is 5.10 Å². The van der Waals surface area contributed by atoms with Crippen LogP contribution in [0.15, 0.2) is 46.9 Å². The van der Waals surface area contributed by atoms with Crippen molar-refractivity contribution in [1.29, 1.82) is 0 Å². The number of para-hydroxylation sites is 1. The third-order valence-corrected chi connectivity index (χ3v) is 4.40. The number of benzene rings is 2. The Kier molecular flexibility index (Phi) is 3.97. The van der Waals surface area contributed by atoms with Crippen molar-refractivity contribution in [2.24, 2.45) is 0 Å². The summed E-state index contributed by atoms with van der Waals surface area (Å²) in [6.45, 7) is 3.67. The first-order valence-electron chi connectivity index (χ1n) is 8.01. The van der Waals surface area contributed by atoms with Gasteiger partial charge in [-0.1, -0.05) is 35.9 Å². The molecule has 0 fully saturated rings. The number of furan rings is 1. The van der Waals surface area contributed by atoms with Crippen LogP contribution >= 0.6 is 11.6 Å². The number of carbonyl (C=O) groups is 1. The van der Waals surface area contributed by atoms with E-state index in [4.69, 9.17) is 16.0 Å². The van der Waals surface area contributed by atoms with Crippen molar-refractivity contribution in [2.75, 3.05) is 5.32 Å². The van der Waals surface area contributed by atoms with Crippen LogP contribution in [0.25, 0.3) is 22.4 Å². The molecule has 0 bridgehead atoms. The van der Waals surface area contributed by atoms with Gasteiger partial charge in [0.1, 0.15) is 5.82 Å². The molecule has 0 aliphatic carbocycles. The van der Waals surface area contributed by atoms with Crippen LogP contribution in [-0.2, 0) is 0 Å². The predicted molar refractivity (Wildman–Crippen MR) is 100 cm³/mol. The molecule has 0 aliphatic rings. The molecule has 2 aromatic heterocycles. The highest BCUT2D eigenvalue weighted by Crippen LogP contribution is 2.31. The minimum absolute atomic E-state index is 0.243. The van der Waals surface area contributed by atoms with Gasteiger partial charge < -0.3 is 9.73 Å². The third-order valence-electron chi connectivity index (χ3n) is 4.10. The maximum Gasteiger partial charge on any atom is 0.291 e. The highest BCUT2D eigenvalue weighted by atomic mass is 35.5. The molecule has 2 N–H and O–H groups in total. The van der Waals surface area contributed by atoms with E-state index in [0.717, 1.165) is 22.3 Å². The van der Waals surface area contributed by atoms with Crippen LogP contribution in [0.1, 0.15) is 21.9 Å². The monoisotopic (exact) mass is 366 g/mol. The van der Waals surface area contributed by atoms with Gasteiger partial charge >= 0.3 is 0 Å². The van der Waals surface area contributed by atoms with E-state index in [1.165, 1.54) is 0 Å². The molecule has 0 unspecified atom stereocenters. The number of nitrogens with one attached hydrogen (secondary N) is 2. The molecule has 6 nitrogen and oxygen atoms in total. The zero-order chi connectivity index (χ0) is 18.3. The summed E-state index contributed by atoms with van der Waals surface area (Å²) in [7, 11) is 0. The first-order chi connectivity index (χ1) is 12.5. The Morgan fingerprint density at radius 3 is 2.73 bits per heavy atom. The largest absolute Gasteiger partial charge is 0.449 e. The van der Waals surface area contributed by atoms with Gasteiger partial charge in [-0.15, -0.1) is 0 Å². The van der Waals surface area contributed by atoms with E-state index in [-0.39, 0.29) is 11.7 Å². The van der Waals surface area contributed by atoms with Gasteiger partial charge in [0, 0.05) is 22.2 Å². The van der Waals surface area contributed by atoms with Crippen LogP contribution in [0.5, 0.6) is 0 Å². The molecule has 0 aliphatic heterocycles. The number of hydrogen-bond donors (Lipinski definition) is 2. The van der Waals surface area contributed by atoms with Gasteiger partial charge in [0.2, 0.25) is 0 Å². The van der Waals surface area contributed by atoms with Crippen LogP contribution in [0.2, 0.25) is 5.02 Å². The number of rotatable bonds is 3. The number of halogens is 1. The Balaban J connectivity index is 1.65. The van der Waals surface area contributed by atoms with E-state index in [2.05, 4.69) is 20.5 Å². The lowest BCUT2D eigenvalue weighted by Crippen LogP contribution is -2.12. The van der Waals surface area contributed by atoms with Gasteiger partial charge in [0.05, 0.1) is 5.02 Å². The standard InChI is InChI=1S/C19H15ClN4O2/c1-10-14-7-4-8-15(20)17(14)26-16(10)19(25)22-13-6-3-5-12(9-13)18-21-11(2)23-24-18/h3-9H,1-2H3,(H,22,25)(H,21,23,24). The molecular weight excluding hydrogens is 352 g/mol. The average Bonchev–Trinajstić information content (AvgIpc) is 3.20. The lowest BCUT2D eigenvalue weighted by molar-refractivity contribution is 0.0998. The Morgan fingerprint density at radius 2 is 2.00 bits per heavy atom. The van der Waals surface area contributed by atoms with Crippen LogP contribution in [0.4, 0.5) is 5.69 Å². The number of hydrogen-bond acceptors (Lipinski definition) is 4. The molecule has 7 heteroatoms. The number of carbonyl (C=O) groups excluding carboxylic acids is 1. The average molecular weight is 367 g/mol. The fourth-order valence-electron chi connectivity index (χ4n) is 2.82. The summed E-state index contributed by atoms with van der Waals surface area (Å²) in [6, 6.07) is 12.8. The smallest absolute Gasteiger partial charge is 0.291 e.